The molecule has 2 aromatic rings. The van der Waals surface area contributed by atoms with Crippen LogP contribution < -0.4 is 14.8 Å². The normalized spacial score (nSPS) is 11.7. The van der Waals surface area contributed by atoms with Crippen LogP contribution in [0, 0.1) is 13.8 Å². The van der Waals surface area contributed by atoms with Crippen molar-refractivity contribution in [3.63, 3.8) is 0 Å². The lowest BCUT2D eigenvalue weighted by atomic mass is 10.0. The van der Waals surface area contributed by atoms with E-state index in [2.05, 4.69) is 37.4 Å². The van der Waals surface area contributed by atoms with Gasteiger partial charge >= 0.3 is 0 Å². The summed E-state index contributed by atoms with van der Waals surface area (Å²) in [5, 5.41) is 2.98. The molecule has 0 saturated heterocycles. The first kappa shape index (κ1) is 18.8. The van der Waals surface area contributed by atoms with Gasteiger partial charge in [-0.15, -0.1) is 0 Å². The number of benzene rings is 2. The number of carbonyl (C=O) groups is 1. The van der Waals surface area contributed by atoms with Crippen molar-refractivity contribution in [3.05, 3.63) is 59.2 Å². The molecule has 4 heteroatoms. The van der Waals surface area contributed by atoms with Gasteiger partial charge in [-0.25, -0.2) is 0 Å². The van der Waals surface area contributed by atoms with E-state index in [0.29, 0.717) is 13.0 Å². The summed E-state index contributed by atoms with van der Waals surface area (Å²) in [4.78, 5) is 12.1. The van der Waals surface area contributed by atoms with Crippen LogP contribution >= 0.6 is 0 Å². The van der Waals surface area contributed by atoms with Crippen LogP contribution in [0.2, 0.25) is 0 Å². The molecule has 1 amide bonds. The van der Waals surface area contributed by atoms with Crippen molar-refractivity contribution in [1.29, 1.82) is 0 Å². The van der Waals surface area contributed by atoms with Crippen LogP contribution in [0.4, 0.5) is 0 Å². The Bertz CT molecular complexity index is 695. The van der Waals surface area contributed by atoms with Gasteiger partial charge in [0, 0.05) is 6.42 Å². The van der Waals surface area contributed by atoms with E-state index in [1.807, 2.05) is 31.2 Å². The Hall–Kier alpha value is -2.49. The van der Waals surface area contributed by atoms with Crippen LogP contribution in [-0.4, -0.2) is 25.7 Å². The molecule has 0 saturated carbocycles. The van der Waals surface area contributed by atoms with Crippen molar-refractivity contribution in [2.24, 2.45) is 0 Å². The lowest BCUT2D eigenvalue weighted by Crippen LogP contribution is -2.36. The smallest absolute Gasteiger partial charge is 0.220 e. The van der Waals surface area contributed by atoms with E-state index in [9.17, 15) is 4.79 Å². The minimum Gasteiger partial charge on any atom is -0.497 e. The molecule has 0 aliphatic carbocycles. The molecule has 0 bridgehead atoms. The highest BCUT2D eigenvalue weighted by molar-refractivity contribution is 5.76. The summed E-state index contributed by atoms with van der Waals surface area (Å²) in [6.07, 6.45) is 1.23. The zero-order valence-corrected chi connectivity index (χ0v) is 15.5. The van der Waals surface area contributed by atoms with E-state index in [-0.39, 0.29) is 11.9 Å². The van der Waals surface area contributed by atoms with Gasteiger partial charge in [-0.05, 0) is 68.1 Å². The van der Waals surface area contributed by atoms with Gasteiger partial charge in [-0.3, -0.25) is 4.79 Å². The Morgan fingerprint density at radius 2 is 1.72 bits per heavy atom. The van der Waals surface area contributed by atoms with Crippen molar-refractivity contribution >= 4 is 5.91 Å². The van der Waals surface area contributed by atoms with Crippen molar-refractivity contribution in [1.82, 2.24) is 5.32 Å². The fourth-order valence-electron chi connectivity index (χ4n) is 2.50. The molecule has 4 nitrogen and oxygen atoms in total. The molecular weight excluding hydrogens is 314 g/mol. The Morgan fingerprint density at radius 3 is 2.36 bits per heavy atom. The molecule has 0 radical (unpaired) electrons. The maximum Gasteiger partial charge on any atom is 0.220 e. The minimum atomic E-state index is -0.0469. The first-order chi connectivity index (χ1) is 12.0. The number of hydrogen-bond donors (Lipinski definition) is 1. The maximum atomic E-state index is 12.1. The van der Waals surface area contributed by atoms with E-state index in [1.54, 1.807) is 7.11 Å². The number of methoxy groups -OCH3 is 1. The molecule has 25 heavy (non-hydrogen) atoms. The second-order valence-electron chi connectivity index (χ2n) is 6.37. The van der Waals surface area contributed by atoms with E-state index in [0.717, 1.165) is 17.9 Å². The molecule has 2 aromatic carbocycles. The number of rotatable bonds is 8. The molecule has 0 aliphatic rings. The Kier molecular flexibility index (Phi) is 6.87. The Labute approximate surface area is 150 Å². The lowest BCUT2D eigenvalue weighted by Gasteiger charge is -2.15. The molecule has 1 N–H and O–H groups in total. The summed E-state index contributed by atoms with van der Waals surface area (Å²) >= 11 is 0. The summed E-state index contributed by atoms with van der Waals surface area (Å²) < 4.78 is 10.8. The van der Waals surface area contributed by atoms with Crippen LogP contribution in [0.5, 0.6) is 11.5 Å². The van der Waals surface area contributed by atoms with E-state index >= 15 is 0 Å². The highest BCUT2D eigenvalue weighted by Gasteiger charge is 2.09. The van der Waals surface area contributed by atoms with Crippen LogP contribution in [0.1, 0.15) is 30.0 Å². The Balaban J connectivity index is 1.72. The average Bonchev–Trinajstić information content (AvgIpc) is 2.61. The van der Waals surface area contributed by atoms with Crippen LogP contribution in [-0.2, 0) is 11.2 Å². The molecule has 134 valence electrons. The SMILES string of the molecule is COc1ccc(OCC(C)NC(=O)CCc2ccc(C)c(C)c2)cc1. The minimum absolute atomic E-state index is 0.0454. The molecule has 0 aromatic heterocycles. The van der Waals surface area contributed by atoms with Gasteiger partial charge in [0.25, 0.3) is 0 Å². The van der Waals surface area contributed by atoms with E-state index in [4.69, 9.17) is 9.47 Å². The molecule has 1 atom stereocenters. The summed E-state index contributed by atoms with van der Waals surface area (Å²) in [7, 11) is 1.63. The predicted molar refractivity (Wildman–Crippen MR) is 100 cm³/mol. The highest BCUT2D eigenvalue weighted by atomic mass is 16.5. The second-order valence-corrected chi connectivity index (χ2v) is 6.37. The number of nitrogens with one attached hydrogen (secondary N) is 1. The average molecular weight is 341 g/mol. The number of ether oxygens (including phenoxy) is 2. The van der Waals surface area contributed by atoms with Gasteiger partial charge in [0.15, 0.2) is 0 Å². The molecule has 2 rings (SSSR count). The number of amides is 1. The van der Waals surface area contributed by atoms with Gasteiger partial charge in [0.05, 0.1) is 13.2 Å². The third-order valence-corrected chi connectivity index (χ3v) is 4.18. The monoisotopic (exact) mass is 341 g/mol. The number of carbonyl (C=O) groups excluding carboxylic acids is 1. The van der Waals surface area contributed by atoms with E-state index < -0.39 is 0 Å². The third kappa shape index (κ3) is 6.14. The van der Waals surface area contributed by atoms with Crippen LogP contribution in [0.15, 0.2) is 42.5 Å². The lowest BCUT2D eigenvalue weighted by molar-refractivity contribution is -0.121. The first-order valence-corrected chi connectivity index (χ1v) is 8.60. The molecular formula is C21H27NO3. The number of hydrogen-bond acceptors (Lipinski definition) is 3. The molecule has 0 spiro atoms. The van der Waals surface area contributed by atoms with Gasteiger partial charge in [-0.2, -0.15) is 0 Å². The van der Waals surface area contributed by atoms with Crippen molar-refractivity contribution in [2.75, 3.05) is 13.7 Å². The summed E-state index contributed by atoms with van der Waals surface area (Å²) in [5.74, 6) is 1.60. The topological polar surface area (TPSA) is 47.6 Å². The van der Waals surface area contributed by atoms with Gasteiger partial charge in [-0.1, -0.05) is 18.2 Å². The molecule has 0 heterocycles. The van der Waals surface area contributed by atoms with Gasteiger partial charge < -0.3 is 14.8 Å². The van der Waals surface area contributed by atoms with Gasteiger partial charge in [0.2, 0.25) is 5.91 Å². The van der Waals surface area contributed by atoms with Gasteiger partial charge in [0.1, 0.15) is 18.1 Å². The highest BCUT2D eigenvalue weighted by Crippen LogP contribution is 2.17. The summed E-state index contributed by atoms with van der Waals surface area (Å²) in [5.41, 5.74) is 3.73. The largest absolute Gasteiger partial charge is 0.497 e. The van der Waals surface area contributed by atoms with Crippen LogP contribution in [0.3, 0.4) is 0 Å². The quantitative estimate of drug-likeness (QED) is 0.794. The molecule has 0 fully saturated rings. The zero-order valence-electron chi connectivity index (χ0n) is 15.5. The second kappa shape index (κ2) is 9.11. The van der Waals surface area contributed by atoms with E-state index in [1.165, 1.54) is 16.7 Å². The predicted octanol–water partition coefficient (Wildman–Crippen LogP) is 3.83. The molecule has 1 unspecified atom stereocenters. The summed E-state index contributed by atoms with van der Waals surface area (Å²) in [6, 6.07) is 13.7. The van der Waals surface area contributed by atoms with Crippen molar-refractivity contribution in [3.8, 4) is 11.5 Å². The fourth-order valence-corrected chi connectivity index (χ4v) is 2.50. The standard InChI is InChI=1S/C21H27NO3/c1-15-5-6-18(13-16(15)2)7-12-21(23)22-17(3)14-25-20-10-8-19(24-4)9-11-20/h5-6,8-11,13,17H,7,12,14H2,1-4H3,(H,22,23). The van der Waals surface area contributed by atoms with Crippen molar-refractivity contribution in [2.45, 2.75) is 39.7 Å². The molecule has 0 aliphatic heterocycles. The Morgan fingerprint density at radius 1 is 1.04 bits per heavy atom. The first-order valence-electron chi connectivity index (χ1n) is 8.60. The number of aryl methyl sites for hydroxylation is 3. The summed E-state index contributed by atoms with van der Waals surface area (Å²) in [6.45, 7) is 6.56. The maximum absolute atomic E-state index is 12.1. The van der Waals surface area contributed by atoms with Crippen molar-refractivity contribution < 1.29 is 14.3 Å². The zero-order chi connectivity index (χ0) is 18.2. The fraction of sp³-hybridized carbons (Fsp3) is 0.381. The van der Waals surface area contributed by atoms with Crippen LogP contribution in [0.25, 0.3) is 0 Å². The third-order valence-electron chi connectivity index (χ3n) is 4.18.